The number of carbonyl (C=O) groups is 1. The molecule has 23 heavy (non-hydrogen) atoms. The molecule has 5 nitrogen and oxygen atoms in total. The first-order valence-electron chi connectivity index (χ1n) is 7.91. The first kappa shape index (κ1) is 15.6. The molecule has 0 spiro atoms. The Labute approximate surface area is 135 Å². The van der Waals surface area contributed by atoms with E-state index in [2.05, 4.69) is 10.1 Å². The highest BCUT2D eigenvalue weighted by Crippen LogP contribution is 2.24. The molecule has 0 saturated carbocycles. The molecule has 1 amide bonds. The van der Waals surface area contributed by atoms with Gasteiger partial charge in [-0.1, -0.05) is 6.07 Å². The minimum Gasteiger partial charge on any atom is -0.336 e. The maximum absolute atomic E-state index is 13.5. The number of hydrogen-bond donors (Lipinski definition) is 0. The number of carbonyl (C=O) groups excluding carboxylic acids is 1. The monoisotopic (exact) mass is 316 g/mol. The number of nitrogens with zero attached hydrogens (tertiary/aromatic N) is 4. The Morgan fingerprint density at radius 1 is 1.30 bits per heavy atom. The van der Waals surface area contributed by atoms with Crippen LogP contribution in [0.4, 0.5) is 4.39 Å². The van der Waals surface area contributed by atoms with E-state index >= 15 is 0 Å². The second-order valence-corrected chi connectivity index (χ2v) is 6.16. The maximum Gasteiger partial charge on any atom is 0.254 e. The minimum atomic E-state index is -0.379. The Hall–Kier alpha value is -2.24. The average Bonchev–Trinajstić information content (AvgIpc) is 2.88. The van der Waals surface area contributed by atoms with Crippen LogP contribution in [0.5, 0.6) is 0 Å². The van der Waals surface area contributed by atoms with Crippen LogP contribution in [0.15, 0.2) is 18.2 Å². The molecule has 1 aromatic carbocycles. The van der Waals surface area contributed by atoms with E-state index in [4.69, 9.17) is 0 Å². The summed E-state index contributed by atoms with van der Waals surface area (Å²) in [5.74, 6) is 1.12. The predicted octanol–water partition coefficient (Wildman–Crippen LogP) is 2.82. The van der Waals surface area contributed by atoms with Crippen LogP contribution in [0.25, 0.3) is 0 Å². The molecule has 1 saturated heterocycles. The molecule has 0 unspecified atom stereocenters. The van der Waals surface area contributed by atoms with Gasteiger partial charge in [0.2, 0.25) is 0 Å². The summed E-state index contributed by atoms with van der Waals surface area (Å²) in [6.45, 7) is 6.90. The Balaban J connectivity index is 1.82. The molecule has 0 N–H and O–H groups in total. The number of aromatic nitrogens is 3. The zero-order valence-electron chi connectivity index (χ0n) is 13.7. The number of benzene rings is 1. The van der Waals surface area contributed by atoms with Crippen molar-refractivity contribution >= 4 is 5.91 Å². The van der Waals surface area contributed by atoms with Crippen molar-refractivity contribution in [3.63, 3.8) is 0 Å². The van der Waals surface area contributed by atoms with Gasteiger partial charge in [-0.25, -0.2) is 14.1 Å². The second-order valence-electron chi connectivity index (χ2n) is 6.16. The summed E-state index contributed by atoms with van der Waals surface area (Å²) >= 11 is 0. The van der Waals surface area contributed by atoms with Crippen molar-refractivity contribution in [2.24, 2.45) is 0 Å². The van der Waals surface area contributed by atoms with Crippen LogP contribution < -0.4 is 0 Å². The van der Waals surface area contributed by atoms with E-state index in [0.29, 0.717) is 18.7 Å². The molecule has 1 aliphatic heterocycles. The lowest BCUT2D eigenvalue weighted by Gasteiger charge is -2.33. The van der Waals surface area contributed by atoms with Gasteiger partial charge in [0.05, 0.1) is 6.04 Å². The van der Waals surface area contributed by atoms with Gasteiger partial charge in [-0.05, 0) is 51.3 Å². The molecular weight excluding hydrogens is 295 g/mol. The highest BCUT2D eigenvalue weighted by molar-refractivity contribution is 5.95. The van der Waals surface area contributed by atoms with Gasteiger partial charge in [-0.3, -0.25) is 4.79 Å². The molecule has 2 heterocycles. The molecule has 0 aliphatic carbocycles. The lowest BCUT2D eigenvalue weighted by Crippen LogP contribution is -2.41. The van der Waals surface area contributed by atoms with E-state index in [0.717, 1.165) is 30.1 Å². The second kappa shape index (κ2) is 6.10. The number of hydrogen-bond acceptors (Lipinski definition) is 3. The van der Waals surface area contributed by atoms with Gasteiger partial charge in [0.25, 0.3) is 5.91 Å². The van der Waals surface area contributed by atoms with Crippen molar-refractivity contribution in [3.8, 4) is 0 Å². The van der Waals surface area contributed by atoms with E-state index in [1.54, 1.807) is 11.0 Å². The van der Waals surface area contributed by atoms with Crippen LogP contribution in [0.1, 0.15) is 46.5 Å². The van der Waals surface area contributed by atoms with Crippen molar-refractivity contribution < 1.29 is 9.18 Å². The quantitative estimate of drug-likeness (QED) is 0.856. The fraction of sp³-hybridized carbons (Fsp3) is 0.471. The molecule has 1 fully saturated rings. The summed E-state index contributed by atoms with van der Waals surface area (Å²) in [7, 11) is 0. The lowest BCUT2D eigenvalue weighted by molar-refractivity contribution is 0.0670. The van der Waals surface area contributed by atoms with E-state index in [1.807, 2.05) is 25.5 Å². The Morgan fingerprint density at radius 2 is 2.09 bits per heavy atom. The molecule has 1 atom stereocenters. The van der Waals surface area contributed by atoms with Gasteiger partial charge in [0, 0.05) is 18.7 Å². The largest absolute Gasteiger partial charge is 0.336 e. The molecule has 1 aromatic heterocycles. The molecule has 1 aliphatic rings. The summed E-state index contributed by atoms with van der Waals surface area (Å²) < 4.78 is 15.4. The molecule has 3 rings (SSSR count). The standard InChI is InChI=1S/C17H21FN4O/c1-11-6-7-14(18)9-16(11)17(23)21-8-4-5-15(10-21)22-13(3)19-12(2)20-22/h6-7,9,15H,4-5,8,10H2,1-3H3/t15-/m1/s1. The predicted molar refractivity (Wildman–Crippen MR) is 84.8 cm³/mol. The van der Waals surface area contributed by atoms with Crippen LogP contribution >= 0.6 is 0 Å². The average molecular weight is 316 g/mol. The summed E-state index contributed by atoms with van der Waals surface area (Å²) in [4.78, 5) is 18.9. The van der Waals surface area contributed by atoms with Gasteiger partial charge < -0.3 is 4.90 Å². The van der Waals surface area contributed by atoms with Gasteiger partial charge in [-0.15, -0.1) is 0 Å². The third kappa shape index (κ3) is 3.11. The Morgan fingerprint density at radius 3 is 2.78 bits per heavy atom. The normalized spacial score (nSPS) is 18.3. The van der Waals surface area contributed by atoms with E-state index in [-0.39, 0.29) is 17.8 Å². The van der Waals surface area contributed by atoms with Crippen LogP contribution in [-0.4, -0.2) is 38.7 Å². The van der Waals surface area contributed by atoms with Crippen molar-refractivity contribution in [3.05, 3.63) is 46.8 Å². The van der Waals surface area contributed by atoms with Crippen LogP contribution in [-0.2, 0) is 0 Å². The molecule has 6 heteroatoms. The maximum atomic E-state index is 13.5. The summed E-state index contributed by atoms with van der Waals surface area (Å²) in [6.07, 6.45) is 1.87. The molecule has 0 bridgehead atoms. The number of piperidine rings is 1. The number of likely N-dealkylation sites (tertiary alicyclic amines) is 1. The van der Waals surface area contributed by atoms with Crippen LogP contribution in [0.3, 0.4) is 0 Å². The highest BCUT2D eigenvalue weighted by Gasteiger charge is 2.28. The number of halogens is 1. The zero-order chi connectivity index (χ0) is 16.6. The Bertz CT molecular complexity index is 740. The SMILES string of the molecule is Cc1nc(C)n([C@@H]2CCCN(C(=O)c3cc(F)ccc3C)C2)n1. The Kier molecular flexibility index (Phi) is 4.15. The third-order valence-electron chi connectivity index (χ3n) is 4.37. The van der Waals surface area contributed by atoms with Crippen molar-refractivity contribution in [2.45, 2.75) is 39.7 Å². The summed E-state index contributed by atoms with van der Waals surface area (Å²) in [5, 5.41) is 4.44. The minimum absolute atomic E-state index is 0.110. The zero-order valence-corrected chi connectivity index (χ0v) is 13.7. The lowest BCUT2D eigenvalue weighted by atomic mass is 10.0. The third-order valence-corrected chi connectivity index (χ3v) is 4.37. The number of amides is 1. The first-order chi connectivity index (χ1) is 11.0. The van der Waals surface area contributed by atoms with Gasteiger partial charge >= 0.3 is 0 Å². The number of aryl methyl sites for hydroxylation is 3. The molecule has 122 valence electrons. The summed E-state index contributed by atoms with van der Waals surface area (Å²) in [5.41, 5.74) is 1.24. The van der Waals surface area contributed by atoms with Crippen LogP contribution in [0, 0.1) is 26.6 Å². The number of rotatable bonds is 2. The fourth-order valence-corrected chi connectivity index (χ4v) is 3.22. The van der Waals surface area contributed by atoms with Gasteiger partial charge in [0.1, 0.15) is 17.5 Å². The van der Waals surface area contributed by atoms with E-state index in [9.17, 15) is 9.18 Å². The van der Waals surface area contributed by atoms with Crippen molar-refractivity contribution in [2.75, 3.05) is 13.1 Å². The molecule has 0 radical (unpaired) electrons. The molecular formula is C17H21FN4O. The van der Waals surface area contributed by atoms with Gasteiger partial charge in [-0.2, -0.15) is 5.10 Å². The van der Waals surface area contributed by atoms with E-state index < -0.39 is 0 Å². The fourth-order valence-electron chi connectivity index (χ4n) is 3.22. The van der Waals surface area contributed by atoms with Crippen molar-refractivity contribution in [1.82, 2.24) is 19.7 Å². The topological polar surface area (TPSA) is 51.0 Å². The van der Waals surface area contributed by atoms with Crippen LogP contribution in [0.2, 0.25) is 0 Å². The van der Waals surface area contributed by atoms with E-state index in [1.165, 1.54) is 12.1 Å². The van der Waals surface area contributed by atoms with Gasteiger partial charge in [0.15, 0.2) is 0 Å². The summed E-state index contributed by atoms with van der Waals surface area (Å²) in [6, 6.07) is 4.48. The molecule has 2 aromatic rings. The highest BCUT2D eigenvalue weighted by atomic mass is 19.1. The smallest absolute Gasteiger partial charge is 0.254 e. The van der Waals surface area contributed by atoms with Crippen molar-refractivity contribution in [1.29, 1.82) is 0 Å². The first-order valence-corrected chi connectivity index (χ1v) is 7.91.